The monoisotopic (exact) mass is 409 g/mol. The van der Waals surface area contributed by atoms with E-state index in [1.807, 2.05) is 12.1 Å². The number of phenols is 1. The van der Waals surface area contributed by atoms with Crippen LogP contribution in [0.3, 0.4) is 0 Å². The number of rotatable bonds is 5. The summed E-state index contributed by atoms with van der Waals surface area (Å²) in [6, 6.07) is 9.10. The lowest BCUT2D eigenvalue weighted by molar-refractivity contribution is 0.101. The van der Waals surface area contributed by atoms with Crippen molar-refractivity contribution in [2.75, 3.05) is 20.8 Å². The van der Waals surface area contributed by atoms with Gasteiger partial charge in [-0.1, -0.05) is 18.6 Å². The maximum atomic E-state index is 13.0. The topological polar surface area (TPSA) is 68.2 Å². The molecule has 1 atom stereocenters. The Kier molecular flexibility index (Phi) is 5.68. The number of piperidine rings is 1. The minimum atomic E-state index is -0.206. The van der Waals surface area contributed by atoms with Crippen LogP contribution in [0.5, 0.6) is 23.0 Å². The van der Waals surface area contributed by atoms with Gasteiger partial charge in [0.15, 0.2) is 17.3 Å². The molecule has 0 bridgehead atoms. The van der Waals surface area contributed by atoms with Gasteiger partial charge >= 0.3 is 0 Å². The Bertz CT molecular complexity index is 997. The lowest BCUT2D eigenvalue weighted by Gasteiger charge is -2.33. The quantitative estimate of drug-likeness (QED) is 0.739. The maximum absolute atomic E-state index is 13.0. The summed E-state index contributed by atoms with van der Waals surface area (Å²) in [4.78, 5) is 15.3. The highest BCUT2D eigenvalue weighted by Gasteiger charge is 2.33. The van der Waals surface area contributed by atoms with Crippen LogP contribution in [-0.2, 0) is 6.54 Å². The predicted molar refractivity (Wildman–Crippen MR) is 114 cm³/mol. The zero-order chi connectivity index (χ0) is 21.3. The molecule has 1 N–H and O–H groups in total. The van der Waals surface area contributed by atoms with Crippen LogP contribution >= 0.6 is 0 Å². The van der Waals surface area contributed by atoms with Gasteiger partial charge in [-0.05, 0) is 50.6 Å². The van der Waals surface area contributed by atoms with Crippen LogP contribution < -0.4 is 14.2 Å². The van der Waals surface area contributed by atoms with E-state index in [0.717, 1.165) is 19.4 Å². The van der Waals surface area contributed by atoms with Gasteiger partial charge in [-0.25, -0.2) is 0 Å². The molecular weight excluding hydrogens is 382 g/mol. The molecule has 6 heteroatoms. The molecule has 1 saturated heterocycles. The summed E-state index contributed by atoms with van der Waals surface area (Å²) >= 11 is 0. The smallest absolute Gasteiger partial charge is 0.231 e. The first-order chi connectivity index (χ1) is 14.5. The van der Waals surface area contributed by atoms with E-state index in [2.05, 4.69) is 11.8 Å². The van der Waals surface area contributed by atoms with Gasteiger partial charge in [-0.3, -0.25) is 9.69 Å². The number of carbonyl (C=O) groups excluding carboxylic acids is 1. The lowest BCUT2D eigenvalue weighted by Crippen LogP contribution is -2.36. The van der Waals surface area contributed by atoms with E-state index in [1.165, 1.54) is 6.42 Å². The van der Waals surface area contributed by atoms with Crippen molar-refractivity contribution in [2.45, 2.75) is 38.8 Å². The first-order valence-corrected chi connectivity index (χ1v) is 10.3. The number of allylic oxidation sites excluding steroid dienone is 1. The van der Waals surface area contributed by atoms with E-state index < -0.39 is 0 Å². The van der Waals surface area contributed by atoms with E-state index in [1.54, 1.807) is 38.5 Å². The largest absolute Gasteiger partial charge is 0.507 e. The second-order valence-corrected chi connectivity index (χ2v) is 7.78. The van der Waals surface area contributed by atoms with Crippen molar-refractivity contribution in [3.05, 3.63) is 52.8 Å². The van der Waals surface area contributed by atoms with E-state index >= 15 is 0 Å². The van der Waals surface area contributed by atoms with Gasteiger partial charge in [0.1, 0.15) is 11.5 Å². The number of hydrogen-bond acceptors (Lipinski definition) is 6. The second kappa shape index (κ2) is 8.40. The fraction of sp³-hybridized carbons (Fsp3) is 0.375. The van der Waals surface area contributed by atoms with Gasteiger partial charge in [0.25, 0.3) is 0 Å². The number of likely N-dealkylation sites (tertiary alicyclic amines) is 1. The molecule has 2 heterocycles. The summed E-state index contributed by atoms with van der Waals surface area (Å²) in [6.45, 7) is 3.73. The first-order valence-electron chi connectivity index (χ1n) is 10.3. The average Bonchev–Trinajstić information content (AvgIpc) is 3.06. The molecular formula is C24H27NO5. The van der Waals surface area contributed by atoms with Gasteiger partial charge in [0, 0.05) is 18.2 Å². The Labute approximate surface area is 176 Å². The van der Waals surface area contributed by atoms with Crippen molar-refractivity contribution in [3.63, 3.8) is 0 Å². The molecule has 1 fully saturated rings. The summed E-state index contributed by atoms with van der Waals surface area (Å²) in [5, 5.41) is 10.5. The fourth-order valence-electron chi connectivity index (χ4n) is 4.21. The van der Waals surface area contributed by atoms with Crippen LogP contribution in [0.2, 0.25) is 0 Å². The number of fused-ring (bicyclic) bond motifs is 1. The standard InChI is InChI=1S/C24H27NO5/c1-15-7-4-5-12-25(15)14-18-19(26)11-10-17-22(27)21(30-24(17)18)13-16-8-6-9-20(28-2)23(16)29-3/h6,8-11,13,15,26H,4-5,7,12,14H2,1-3H3/t15-/m0/s1. The lowest BCUT2D eigenvalue weighted by atomic mass is 10.0. The molecule has 0 amide bonds. The molecule has 0 spiro atoms. The van der Waals surface area contributed by atoms with Crippen LogP contribution in [0, 0.1) is 0 Å². The number of nitrogens with zero attached hydrogens (tertiary/aromatic N) is 1. The minimum absolute atomic E-state index is 0.152. The third-order valence-electron chi connectivity index (χ3n) is 5.94. The van der Waals surface area contributed by atoms with E-state index in [-0.39, 0.29) is 17.3 Å². The highest BCUT2D eigenvalue weighted by atomic mass is 16.5. The molecule has 0 radical (unpaired) electrons. The van der Waals surface area contributed by atoms with Gasteiger partial charge in [0.05, 0.1) is 25.3 Å². The number of carbonyl (C=O) groups is 1. The fourth-order valence-corrected chi connectivity index (χ4v) is 4.21. The molecule has 158 valence electrons. The van der Waals surface area contributed by atoms with Crippen LogP contribution in [-0.4, -0.2) is 42.6 Å². The third-order valence-corrected chi connectivity index (χ3v) is 5.94. The van der Waals surface area contributed by atoms with Crippen LogP contribution in [0.4, 0.5) is 0 Å². The van der Waals surface area contributed by atoms with E-state index in [4.69, 9.17) is 14.2 Å². The number of ether oxygens (including phenoxy) is 3. The molecule has 0 aliphatic carbocycles. The number of Topliss-reactive ketones (excluding diaryl/α,β-unsaturated/α-hetero) is 1. The molecule has 0 aromatic heterocycles. The van der Waals surface area contributed by atoms with Crippen molar-refractivity contribution < 1.29 is 24.1 Å². The first kappa shape index (κ1) is 20.3. The number of phenolic OH excluding ortho intramolecular Hbond substituents is 1. The maximum Gasteiger partial charge on any atom is 0.231 e. The average molecular weight is 409 g/mol. The number of aromatic hydroxyl groups is 1. The molecule has 2 aromatic carbocycles. The predicted octanol–water partition coefficient (Wildman–Crippen LogP) is 4.40. The summed E-state index contributed by atoms with van der Waals surface area (Å²) in [6.07, 6.45) is 5.16. The second-order valence-electron chi connectivity index (χ2n) is 7.78. The minimum Gasteiger partial charge on any atom is -0.507 e. The van der Waals surface area contributed by atoms with Gasteiger partial charge in [-0.15, -0.1) is 0 Å². The number of hydrogen-bond donors (Lipinski definition) is 1. The Morgan fingerprint density at radius 2 is 2.03 bits per heavy atom. The van der Waals surface area contributed by atoms with Crippen LogP contribution in [0.15, 0.2) is 36.1 Å². The van der Waals surface area contributed by atoms with E-state index in [0.29, 0.717) is 46.5 Å². The third kappa shape index (κ3) is 3.63. The molecule has 6 nitrogen and oxygen atoms in total. The van der Waals surface area contributed by atoms with Crippen molar-refractivity contribution in [3.8, 4) is 23.0 Å². The Balaban J connectivity index is 1.69. The van der Waals surface area contributed by atoms with Crippen molar-refractivity contribution in [1.29, 1.82) is 0 Å². The molecule has 0 saturated carbocycles. The molecule has 4 rings (SSSR count). The Hall–Kier alpha value is -2.99. The Morgan fingerprint density at radius 3 is 2.77 bits per heavy atom. The molecule has 0 unspecified atom stereocenters. The summed E-state index contributed by atoms with van der Waals surface area (Å²) in [5.41, 5.74) is 1.82. The summed E-state index contributed by atoms with van der Waals surface area (Å²) < 4.78 is 16.8. The van der Waals surface area contributed by atoms with Crippen molar-refractivity contribution >= 4 is 11.9 Å². The highest BCUT2D eigenvalue weighted by molar-refractivity contribution is 6.15. The summed E-state index contributed by atoms with van der Waals surface area (Å²) in [5.74, 6) is 1.71. The molecule has 2 aliphatic heterocycles. The van der Waals surface area contributed by atoms with Gasteiger partial charge in [-0.2, -0.15) is 0 Å². The SMILES string of the molecule is COc1cccc(C=C2Oc3c(ccc(O)c3CN3CCCC[C@@H]3C)C2=O)c1OC. The Morgan fingerprint density at radius 1 is 1.20 bits per heavy atom. The van der Waals surface area contributed by atoms with E-state index in [9.17, 15) is 9.90 Å². The molecule has 30 heavy (non-hydrogen) atoms. The van der Waals surface area contributed by atoms with Crippen molar-refractivity contribution in [1.82, 2.24) is 4.90 Å². The molecule has 2 aliphatic rings. The van der Waals surface area contributed by atoms with Gasteiger partial charge in [0.2, 0.25) is 5.78 Å². The summed E-state index contributed by atoms with van der Waals surface area (Å²) in [7, 11) is 3.13. The zero-order valence-electron chi connectivity index (χ0n) is 17.6. The van der Waals surface area contributed by atoms with Gasteiger partial charge < -0.3 is 19.3 Å². The number of ketones is 1. The molecule has 2 aromatic rings. The van der Waals surface area contributed by atoms with Crippen LogP contribution in [0.1, 0.15) is 47.7 Å². The number of para-hydroxylation sites is 1. The van der Waals surface area contributed by atoms with Crippen LogP contribution in [0.25, 0.3) is 6.08 Å². The zero-order valence-corrected chi connectivity index (χ0v) is 17.6. The highest BCUT2D eigenvalue weighted by Crippen LogP contribution is 2.41. The normalized spacial score (nSPS) is 20.2. The van der Waals surface area contributed by atoms with Crippen molar-refractivity contribution in [2.24, 2.45) is 0 Å². The number of benzene rings is 2. The number of methoxy groups -OCH3 is 2.